The monoisotopic (exact) mass is 362 g/mol. The molecule has 1 heterocycles. The Morgan fingerprint density at radius 2 is 1.70 bits per heavy atom. The van der Waals surface area contributed by atoms with Gasteiger partial charge in [-0.25, -0.2) is 8.42 Å². The Morgan fingerprint density at radius 3 is 2.39 bits per heavy atom. The number of sulfone groups is 1. The first-order valence-corrected chi connectivity index (χ1v) is 10.2. The largest absolute Gasteiger partial charge is 0.238 e. The van der Waals surface area contributed by atoms with E-state index in [0.29, 0.717) is 4.34 Å². The molecule has 3 aromatic rings. The van der Waals surface area contributed by atoms with Crippen LogP contribution in [0, 0.1) is 6.92 Å². The summed E-state index contributed by atoms with van der Waals surface area (Å²) in [4.78, 5) is 0.249. The SMILES string of the molecule is Cc1ccc(S(=O)(=O)c2nnc(SCc3ccccc3)s2)cc1. The van der Waals surface area contributed by atoms with Gasteiger partial charge in [0, 0.05) is 5.75 Å². The molecule has 0 atom stereocenters. The molecule has 0 saturated heterocycles. The number of hydrogen-bond donors (Lipinski definition) is 0. The number of aryl methyl sites for hydroxylation is 1. The predicted molar refractivity (Wildman–Crippen MR) is 92.5 cm³/mol. The van der Waals surface area contributed by atoms with Gasteiger partial charge in [0.1, 0.15) is 0 Å². The maximum absolute atomic E-state index is 12.5. The van der Waals surface area contributed by atoms with E-state index in [2.05, 4.69) is 10.2 Å². The van der Waals surface area contributed by atoms with Crippen molar-refractivity contribution in [3.63, 3.8) is 0 Å². The molecule has 4 nitrogen and oxygen atoms in total. The predicted octanol–water partition coefficient (Wildman–Crippen LogP) is 3.97. The van der Waals surface area contributed by atoms with E-state index in [1.807, 2.05) is 37.3 Å². The zero-order valence-electron chi connectivity index (χ0n) is 12.3. The first-order chi connectivity index (χ1) is 11.1. The third kappa shape index (κ3) is 3.80. The fraction of sp³-hybridized carbons (Fsp3) is 0.125. The lowest BCUT2D eigenvalue weighted by Gasteiger charge is -2.00. The molecule has 118 valence electrons. The topological polar surface area (TPSA) is 59.9 Å². The lowest BCUT2D eigenvalue weighted by atomic mass is 10.2. The van der Waals surface area contributed by atoms with E-state index >= 15 is 0 Å². The highest BCUT2D eigenvalue weighted by Gasteiger charge is 2.22. The van der Waals surface area contributed by atoms with Crippen LogP contribution in [0.5, 0.6) is 0 Å². The molecule has 1 aromatic heterocycles. The van der Waals surface area contributed by atoms with Crippen LogP contribution in [0.1, 0.15) is 11.1 Å². The van der Waals surface area contributed by atoms with Gasteiger partial charge in [-0.15, -0.1) is 10.2 Å². The molecule has 0 spiro atoms. The summed E-state index contributed by atoms with van der Waals surface area (Å²) in [5, 5.41) is 7.85. The van der Waals surface area contributed by atoms with E-state index in [9.17, 15) is 8.42 Å². The van der Waals surface area contributed by atoms with Crippen LogP contribution in [-0.4, -0.2) is 18.6 Å². The van der Waals surface area contributed by atoms with Crippen LogP contribution in [-0.2, 0) is 15.6 Å². The Kier molecular flexibility index (Phi) is 4.79. The molecule has 3 rings (SSSR count). The summed E-state index contributed by atoms with van der Waals surface area (Å²) >= 11 is 2.60. The quantitative estimate of drug-likeness (QED) is 0.643. The second-order valence-electron chi connectivity index (χ2n) is 4.92. The van der Waals surface area contributed by atoms with Gasteiger partial charge in [0.15, 0.2) is 4.34 Å². The van der Waals surface area contributed by atoms with Gasteiger partial charge in [-0.1, -0.05) is 71.1 Å². The standard InChI is InChI=1S/C16H14N2O2S3/c1-12-7-9-14(10-8-12)23(19,20)16-18-17-15(22-16)21-11-13-5-3-2-4-6-13/h2-10H,11H2,1H3. The molecular weight excluding hydrogens is 348 g/mol. The molecule has 2 aromatic carbocycles. The Balaban J connectivity index is 1.77. The van der Waals surface area contributed by atoms with E-state index < -0.39 is 9.84 Å². The van der Waals surface area contributed by atoms with E-state index in [1.54, 1.807) is 24.3 Å². The van der Waals surface area contributed by atoms with Crippen LogP contribution >= 0.6 is 23.1 Å². The van der Waals surface area contributed by atoms with Gasteiger partial charge in [0.2, 0.25) is 14.2 Å². The lowest BCUT2D eigenvalue weighted by molar-refractivity contribution is 0.594. The van der Waals surface area contributed by atoms with Crippen LogP contribution in [0.15, 0.2) is 68.2 Å². The molecule has 0 aliphatic heterocycles. The number of rotatable bonds is 5. The molecule has 0 N–H and O–H groups in total. The molecule has 0 saturated carbocycles. The van der Waals surface area contributed by atoms with Gasteiger partial charge >= 0.3 is 0 Å². The molecule has 0 fully saturated rings. The van der Waals surface area contributed by atoms with Gasteiger partial charge in [-0.3, -0.25) is 0 Å². The first kappa shape index (κ1) is 16.2. The van der Waals surface area contributed by atoms with Crippen molar-refractivity contribution in [3.8, 4) is 0 Å². The van der Waals surface area contributed by atoms with E-state index in [1.165, 1.54) is 11.8 Å². The zero-order valence-corrected chi connectivity index (χ0v) is 14.8. The molecule has 7 heteroatoms. The van der Waals surface area contributed by atoms with Gasteiger partial charge in [-0.05, 0) is 24.6 Å². The van der Waals surface area contributed by atoms with Crippen LogP contribution in [0.2, 0.25) is 0 Å². The van der Waals surface area contributed by atoms with Crippen LogP contribution in [0.3, 0.4) is 0 Å². The van der Waals surface area contributed by atoms with Crippen molar-refractivity contribution in [2.75, 3.05) is 0 Å². The summed E-state index contributed by atoms with van der Waals surface area (Å²) in [6, 6.07) is 16.7. The van der Waals surface area contributed by atoms with Crippen molar-refractivity contribution in [1.82, 2.24) is 10.2 Å². The fourth-order valence-electron chi connectivity index (χ4n) is 1.90. The van der Waals surface area contributed by atoms with Crippen LogP contribution < -0.4 is 0 Å². The van der Waals surface area contributed by atoms with E-state index in [0.717, 1.165) is 28.2 Å². The molecule has 0 aliphatic carbocycles. The summed E-state index contributed by atoms with van der Waals surface area (Å²) in [5.74, 6) is 0.736. The smallest absolute Gasteiger partial charge is 0.216 e. The summed E-state index contributed by atoms with van der Waals surface area (Å²) in [6.45, 7) is 1.92. The Labute approximate surface area is 143 Å². The average molecular weight is 363 g/mol. The fourth-order valence-corrected chi connectivity index (χ4v) is 5.41. The average Bonchev–Trinajstić information content (AvgIpc) is 3.04. The highest BCUT2D eigenvalue weighted by Crippen LogP contribution is 2.30. The van der Waals surface area contributed by atoms with E-state index in [4.69, 9.17) is 0 Å². The molecule has 0 radical (unpaired) electrons. The Hall–Kier alpha value is -1.70. The van der Waals surface area contributed by atoms with Crippen molar-refractivity contribution < 1.29 is 8.42 Å². The second-order valence-corrected chi connectivity index (χ2v) is 9.25. The van der Waals surface area contributed by atoms with Crippen LogP contribution in [0.25, 0.3) is 0 Å². The molecule has 0 unspecified atom stereocenters. The number of nitrogens with zero attached hydrogens (tertiary/aromatic N) is 2. The molecule has 23 heavy (non-hydrogen) atoms. The minimum Gasteiger partial charge on any atom is -0.216 e. The molecular formula is C16H14N2O2S3. The number of hydrogen-bond acceptors (Lipinski definition) is 6. The highest BCUT2D eigenvalue weighted by molar-refractivity contribution is 8.00. The van der Waals surface area contributed by atoms with E-state index in [-0.39, 0.29) is 9.24 Å². The van der Waals surface area contributed by atoms with Gasteiger partial charge in [0.05, 0.1) is 4.90 Å². The van der Waals surface area contributed by atoms with Crippen molar-refractivity contribution in [1.29, 1.82) is 0 Å². The summed E-state index contributed by atoms with van der Waals surface area (Å²) in [6.07, 6.45) is 0. The third-order valence-corrected chi connectivity index (χ3v) is 7.42. The van der Waals surface area contributed by atoms with Crippen LogP contribution in [0.4, 0.5) is 0 Å². The summed E-state index contributed by atoms with van der Waals surface area (Å²) in [5.41, 5.74) is 2.18. The minimum atomic E-state index is -3.59. The molecule has 0 amide bonds. The second kappa shape index (κ2) is 6.82. The molecule has 0 bridgehead atoms. The summed E-state index contributed by atoms with van der Waals surface area (Å²) in [7, 11) is -3.59. The third-order valence-electron chi connectivity index (χ3n) is 3.15. The van der Waals surface area contributed by atoms with Crippen molar-refractivity contribution in [2.24, 2.45) is 0 Å². The number of thioether (sulfide) groups is 1. The lowest BCUT2D eigenvalue weighted by Crippen LogP contribution is -2.01. The number of aromatic nitrogens is 2. The first-order valence-electron chi connectivity index (χ1n) is 6.88. The normalized spacial score (nSPS) is 11.5. The van der Waals surface area contributed by atoms with Gasteiger partial charge < -0.3 is 0 Å². The highest BCUT2D eigenvalue weighted by atomic mass is 32.2. The molecule has 0 aliphatic rings. The zero-order chi connectivity index (χ0) is 16.3. The van der Waals surface area contributed by atoms with Gasteiger partial charge in [0.25, 0.3) is 0 Å². The summed E-state index contributed by atoms with van der Waals surface area (Å²) < 4.78 is 25.8. The number of benzene rings is 2. The minimum absolute atomic E-state index is 0.0388. The maximum atomic E-state index is 12.5. The van der Waals surface area contributed by atoms with Crippen molar-refractivity contribution in [3.05, 3.63) is 65.7 Å². The Bertz CT molecular complexity index is 889. The van der Waals surface area contributed by atoms with Crippen molar-refractivity contribution in [2.45, 2.75) is 26.3 Å². The van der Waals surface area contributed by atoms with Gasteiger partial charge in [-0.2, -0.15) is 0 Å². The van der Waals surface area contributed by atoms with Crippen molar-refractivity contribution >= 4 is 32.9 Å². The maximum Gasteiger partial charge on any atom is 0.238 e. The Morgan fingerprint density at radius 1 is 1.00 bits per heavy atom.